The van der Waals surface area contributed by atoms with Crippen molar-refractivity contribution in [3.05, 3.63) is 11.8 Å². The number of morpholine rings is 1. The molecule has 2 aliphatic rings. The average molecular weight is 388 g/mol. The van der Waals surface area contributed by atoms with Crippen LogP contribution in [0.5, 0.6) is 0 Å². The molecule has 0 saturated carbocycles. The lowest BCUT2D eigenvalue weighted by Gasteiger charge is -2.38. The van der Waals surface area contributed by atoms with Crippen LogP contribution in [-0.2, 0) is 10.9 Å². The van der Waals surface area contributed by atoms with Crippen molar-refractivity contribution < 1.29 is 17.9 Å². The third-order valence-electron chi connectivity index (χ3n) is 4.93. The summed E-state index contributed by atoms with van der Waals surface area (Å²) in [5.41, 5.74) is -0.918. The van der Waals surface area contributed by atoms with Crippen LogP contribution < -0.4 is 9.80 Å². The van der Waals surface area contributed by atoms with Crippen molar-refractivity contribution in [1.82, 2.24) is 19.8 Å². The number of rotatable bonds is 4. The lowest BCUT2D eigenvalue weighted by molar-refractivity contribution is -0.141. The summed E-state index contributed by atoms with van der Waals surface area (Å²) in [5, 5.41) is 0. The van der Waals surface area contributed by atoms with Crippen LogP contribution in [0.2, 0.25) is 0 Å². The minimum absolute atomic E-state index is 0.0666. The van der Waals surface area contributed by atoms with Gasteiger partial charge in [0.25, 0.3) is 0 Å². The lowest BCUT2D eigenvalue weighted by atomic mass is 10.2. The van der Waals surface area contributed by atoms with Gasteiger partial charge in [0.15, 0.2) is 5.69 Å². The summed E-state index contributed by atoms with van der Waals surface area (Å²) >= 11 is 0. The Labute approximate surface area is 157 Å². The van der Waals surface area contributed by atoms with Crippen LogP contribution in [0.25, 0.3) is 0 Å². The molecule has 2 aliphatic heterocycles. The van der Waals surface area contributed by atoms with Gasteiger partial charge < -0.3 is 19.4 Å². The highest BCUT2D eigenvalue weighted by atomic mass is 19.4. The zero-order valence-corrected chi connectivity index (χ0v) is 16.0. The zero-order valence-electron chi connectivity index (χ0n) is 16.0. The molecule has 1 atom stereocenters. The summed E-state index contributed by atoms with van der Waals surface area (Å²) in [6, 6.07) is 0.978. The minimum atomic E-state index is -4.51. The van der Waals surface area contributed by atoms with Crippen molar-refractivity contribution in [1.29, 1.82) is 0 Å². The Hall–Kier alpha value is -1.65. The standard InChI is InChI=1S/C17H27F3N6O/c1-23(2)15-10-14(17(18,19)20)21-16(22-15)26-8-9-27-13(12-26)11-25-6-4-24(3)5-7-25/h10,13H,4-9,11-12H2,1-3H3/t13-/m0/s1. The molecule has 0 aromatic carbocycles. The number of halogens is 3. The molecule has 0 unspecified atom stereocenters. The van der Waals surface area contributed by atoms with E-state index in [9.17, 15) is 13.2 Å². The molecule has 1 aromatic rings. The molecule has 0 radical (unpaired) electrons. The van der Waals surface area contributed by atoms with Gasteiger partial charge in [-0.3, -0.25) is 4.90 Å². The van der Waals surface area contributed by atoms with E-state index < -0.39 is 11.9 Å². The number of alkyl halides is 3. The maximum Gasteiger partial charge on any atom is 0.433 e. The Morgan fingerprint density at radius 1 is 1.15 bits per heavy atom. The van der Waals surface area contributed by atoms with E-state index in [2.05, 4.69) is 26.8 Å². The Morgan fingerprint density at radius 3 is 2.48 bits per heavy atom. The van der Waals surface area contributed by atoms with Gasteiger partial charge in [-0.1, -0.05) is 0 Å². The molecule has 3 rings (SSSR count). The van der Waals surface area contributed by atoms with Crippen LogP contribution in [0.15, 0.2) is 6.07 Å². The molecule has 0 aliphatic carbocycles. The smallest absolute Gasteiger partial charge is 0.373 e. The molecule has 0 spiro atoms. The molecule has 3 heterocycles. The fourth-order valence-corrected chi connectivity index (χ4v) is 3.27. The Balaban J connectivity index is 1.72. The van der Waals surface area contributed by atoms with E-state index in [1.807, 2.05) is 0 Å². The summed E-state index contributed by atoms with van der Waals surface area (Å²) in [5.74, 6) is 0.356. The maximum atomic E-state index is 13.2. The fourth-order valence-electron chi connectivity index (χ4n) is 3.27. The second kappa shape index (κ2) is 8.15. The van der Waals surface area contributed by atoms with Crippen molar-refractivity contribution in [3.63, 3.8) is 0 Å². The molecule has 0 amide bonds. The average Bonchev–Trinajstić information content (AvgIpc) is 2.63. The van der Waals surface area contributed by atoms with E-state index in [4.69, 9.17) is 4.74 Å². The first-order valence-electron chi connectivity index (χ1n) is 9.13. The Kier molecular flexibility index (Phi) is 6.07. The molecule has 2 fully saturated rings. The van der Waals surface area contributed by atoms with Crippen LogP contribution in [0, 0.1) is 0 Å². The van der Waals surface area contributed by atoms with Gasteiger partial charge in [-0.2, -0.15) is 18.2 Å². The number of ether oxygens (including phenoxy) is 1. The summed E-state index contributed by atoms with van der Waals surface area (Å²) < 4.78 is 45.5. The summed E-state index contributed by atoms with van der Waals surface area (Å²) in [4.78, 5) is 16.1. The molecular weight excluding hydrogens is 361 g/mol. The first-order valence-corrected chi connectivity index (χ1v) is 9.13. The van der Waals surface area contributed by atoms with Crippen LogP contribution in [0.4, 0.5) is 24.9 Å². The first-order chi connectivity index (χ1) is 12.7. The van der Waals surface area contributed by atoms with E-state index in [0.29, 0.717) is 19.7 Å². The normalized spacial score (nSPS) is 22.9. The number of anilines is 2. The molecule has 0 N–H and O–H groups in total. The Bertz CT molecular complexity index is 634. The van der Waals surface area contributed by atoms with Crippen LogP contribution in [0.3, 0.4) is 0 Å². The monoisotopic (exact) mass is 388 g/mol. The van der Waals surface area contributed by atoms with E-state index >= 15 is 0 Å². The maximum absolute atomic E-state index is 13.2. The molecule has 27 heavy (non-hydrogen) atoms. The highest BCUT2D eigenvalue weighted by Crippen LogP contribution is 2.31. The minimum Gasteiger partial charge on any atom is -0.373 e. The lowest BCUT2D eigenvalue weighted by Crippen LogP contribution is -2.52. The molecular formula is C17H27F3N6O. The van der Waals surface area contributed by atoms with E-state index in [-0.39, 0.29) is 17.9 Å². The first kappa shape index (κ1) is 20.1. The molecule has 7 nitrogen and oxygen atoms in total. The van der Waals surface area contributed by atoms with Gasteiger partial charge in [0.2, 0.25) is 5.95 Å². The van der Waals surface area contributed by atoms with E-state index in [1.54, 1.807) is 23.9 Å². The second-order valence-corrected chi connectivity index (χ2v) is 7.35. The quantitative estimate of drug-likeness (QED) is 0.763. The van der Waals surface area contributed by atoms with Crippen LogP contribution >= 0.6 is 0 Å². The predicted octanol–water partition coefficient (Wildman–Crippen LogP) is 1.01. The molecule has 152 valence electrons. The van der Waals surface area contributed by atoms with Crippen molar-refractivity contribution in [2.75, 3.05) is 83.4 Å². The van der Waals surface area contributed by atoms with Crippen molar-refractivity contribution in [2.24, 2.45) is 0 Å². The number of hydrogen-bond acceptors (Lipinski definition) is 7. The fraction of sp³-hybridized carbons (Fsp3) is 0.765. The van der Waals surface area contributed by atoms with Crippen molar-refractivity contribution in [2.45, 2.75) is 12.3 Å². The van der Waals surface area contributed by atoms with Crippen molar-refractivity contribution in [3.8, 4) is 0 Å². The third kappa shape index (κ3) is 5.20. The van der Waals surface area contributed by atoms with Gasteiger partial charge in [-0.25, -0.2) is 4.98 Å². The Morgan fingerprint density at radius 2 is 1.85 bits per heavy atom. The summed E-state index contributed by atoms with van der Waals surface area (Å²) in [6.07, 6.45) is -4.57. The SMILES string of the molecule is CN1CCN(C[C@H]2CN(c3nc(N(C)C)cc(C(F)(F)F)n3)CCO2)CC1. The number of hydrogen-bond donors (Lipinski definition) is 0. The number of likely N-dealkylation sites (N-methyl/N-ethyl adjacent to an activating group) is 1. The predicted molar refractivity (Wildman–Crippen MR) is 97.3 cm³/mol. The second-order valence-electron chi connectivity index (χ2n) is 7.35. The number of nitrogens with zero attached hydrogens (tertiary/aromatic N) is 6. The molecule has 2 saturated heterocycles. The van der Waals surface area contributed by atoms with Gasteiger partial charge in [0.1, 0.15) is 5.82 Å². The highest BCUT2D eigenvalue weighted by molar-refractivity contribution is 5.46. The number of piperazine rings is 1. The van der Waals surface area contributed by atoms with Gasteiger partial charge in [-0.15, -0.1) is 0 Å². The third-order valence-corrected chi connectivity index (χ3v) is 4.93. The van der Waals surface area contributed by atoms with Gasteiger partial charge >= 0.3 is 6.18 Å². The van der Waals surface area contributed by atoms with Gasteiger partial charge in [0, 0.05) is 66.0 Å². The summed E-state index contributed by atoms with van der Waals surface area (Å²) in [6.45, 7) is 6.16. The van der Waals surface area contributed by atoms with Crippen LogP contribution in [0.1, 0.15) is 5.69 Å². The topological polar surface area (TPSA) is 48.0 Å². The van der Waals surface area contributed by atoms with E-state index in [0.717, 1.165) is 38.8 Å². The molecule has 0 bridgehead atoms. The largest absolute Gasteiger partial charge is 0.433 e. The van der Waals surface area contributed by atoms with Crippen LogP contribution in [-0.4, -0.2) is 99.4 Å². The van der Waals surface area contributed by atoms with Gasteiger partial charge in [-0.05, 0) is 7.05 Å². The van der Waals surface area contributed by atoms with Gasteiger partial charge in [0.05, 0.1) is 12.7 Å². The zero-order chi connectivity index (χ0) is 19.6. The van der Waals surface area contributed by atoms with Crippen molar-refractivity contribution >= 4 is 11.8 Å². The molecule has 10 heteroatoms. The summed E-state index contributed by atoms with van der Waals surface area (Å²) in [7, 11) is 5.44. The highest BCUT2D eigenvalue weighted by Gasteiger charge is 2.35. The number of aromatic nitrogens is 2. The molecule has 1 aromatic heterocycles. The van der Waals surface area contributed by atoms with E-state index in [1.165, 1.54) is 0 Å².